The molecule has 2 N–H and O–H groups in total. The van der Waals surface area contributed by atoms with Crippen LogP contribution in [0.5, 0.6) is 0 Å². The average Bonchev–Trinajstić information content (AvgIpc) is 2.97. The molecule has 1 aromatic carbocycles. The van der Waals surface area contributed by atoms with E-state index < -0.39 is 21.7 Å². The SMILES string of the molecule is CC(Sc1nnc2[nH]c(=O)c(Cc3ccccc3[N+](=O)[O-])nn12)C(=O)O. The van der Waals surface area contributed by atoms with Crippen molar-refractivity contribution >= 4 is 29.2 Å². The Bertz CT molecular complexity index is 1060. The van der Waals surface area contributed by atoms with E-state index in [1.165, 1.54) is 29.6 Å². The van der Waals surface area contributed by atoms with Crippen LogP contribution < -0.4 is 5.56 Å². The lowest BCUT2D eigenvalue weighted by Crippen LogP contribution is -2.20. The Labute approximate surface area is 149 Å². The van der Waals surface area contributed by atoms with Gasteiger partial charge in [0, 0.05) is 18.1 Å². The molecule has 0 spiro atoms. The Morgan fingerprint density at radius 2 is 2.15 bits per heavy atom. The minimum atomic E-state index is -1.03. The minimum absolute atomic E-state index is 0.0245. The van der Waals surface area contributed by atoms with Crippen molar-refractivity contribution in [3.05, 3.63) is 56.0 Å². The molecular weight excluding hydrogens is 364 g/mol. The highest BCUT2D eigenvalue weighted by Crippen LogP contribution is 2.22. The summed E-state index contributed by atoms with van der Waals surface area (Å²) in [7, 11) is 0. The molecule has 0 fully saturated rings. The van der Waals surface area contributed by atoms with Gasteiger partial charge in [-0.25, -0.2) is 0 Å². The Hall–Kier alpha value is -3.28. The molecule has 2 heterocycles. The fraction of sp³-hybridized carbons (Fsp3) is 0.214. The summed E-state index contributed by atoms with van der Waals surface area (Å²) in [4.78, 5) is 36.3. The molecule has 0 bridgehead atoms. The molecule has 1 unspecified atom stereocenters. The number of nitro benzene ring substituents is 1. The van der Waals surface area contributed by atoms with Crippen LogP contribution in [0.3, 0.4) is 0 Å². The van der Waals surface area contributed by atoms with E-state index in [0.717, 1.165) is 11.8 Å². The van der Waals surface area contributed by atoms with E-state index in [2.05, 4.69) is 20.3 Å². The second-order valence-electron chi connectivity index (χ2n) is 5.28. The third kappa shape index (κ3) is 3.39. The highest BCUT2D eigenvalue weighted by atomic mass is 32.2. The number of nitrogens with zero attached hydrogens (tertiary/aromatic N) is 5. The van der Waals surface area contributed by atoms with Crippen LogP contribution >= 0.6 is 11.8 Å². The molecule has 0 aliphatic carbocycles. The van der Waals surface area contributed by atoms with Crippen LogP contribution in [0.1, 0.15) is 18.2 Å². The van der Waals surface area contributed by atoms with Crippen LogP contribution in [0.4, 0.5) is 5.69 Å². The number of aromatic nitrogens is 5. The van der Waals surface area contributed by atoms with Gasteiger partial charge in [0.05, 0.1) is 4.92 Å². The number of nitro groups is 1. The molecule has 0 aliphatic heterocycles. The van der Waals surface area contributed by atoms with Gasteiger partial charge in [-0.2, -0.15) is 9.61 Å². The van der Waals surface area contributed by atoms with Gasteiger partial charge in [-0.15, -0.1) is 10.2 Å². The number of hydrogen-bond donors (Lipinski definition) is 2. The molecule has 11 nitrogen and oxygen atoms in total. The number of carboxylic acid groups (broad SMARTS) is 1. The quantitative estimate of drug-likeness (QED) is 0.362. The van der Waals surface area contributed by atoms with Crippen molar-refractivity contribution < 1.29 is 14.8 Å². The maximum Gasteiger partial charge on any atom is 0.316 e. The third-order valence-electron chi connectivity index (χ3n) is 3.50. The summed E-state index contributed by atoms with van der Waals surface area (Å²) < 4.78 is 1.22. The summed E-state index contributed by atoms with van der Waals surface area (Å²) in [6.45, 7) is 1.48. The monoisotopic (exact) mass is 376 g/mol. The number of carboxylic acids is 1. The van der Waals surface area contributed by atoms with Gasteiger partial charge in [-0.05, 0) is 6.92 Å². The topological polar surface area (TPSA) is 156 Å². The Balaban J connectivity index is 2.02. The van der Waals surface area contributed by atoms with Gasteiger partial charge >= 0.3 is 5.97 Å². The first-order valence-corrected chi connectivity index (χ1v) is 8.21. The van der Waals surface area contributed by atoms with Gasteiger partial charge in [0.2, 0.25) is 5.16 Å². The number of benzene rings is 1. The lowest BCUT2D eigenvalue weighted by atomic mass is 10.1. The van der Waals surface area contributed by atoms with Gasteiger partial charge in [-0.1, -0.05) is 30.0 Å². The normalized spacial score (nSPS) is 12.2. The van der Waals surface area contributed by atoms with Crippen molar-refractivity contribution in [2.45, 2.75) is 23.8 Å². The Morgan fingerprint density at radius 1 is 1.42 bits per heavy atom. The summed E-state index contributed by atoms with van der Waals surface area (Å²) in [6, 6.07) is 6.04. The van der Waals surface area contributed by atoms with E-state index in [9.17, 15) is 19.7 Å². The number of para-hydroxylation sites is 1. The zero-order chi connectivity index (χ0) is 18.8. The number of rotatable bonds is 6. The third-order valence-corrected chi connectivity index (χ3v) is 4.52. The standard InChI is InChI=1S/C14H12N6O5S/c1-7(12(22)23)26-14-17-16-13-15-11(21)9(18-19(13)14)6-8-4-2-3-5-10(8)20(24)25/h2-5,7H,6H2,1H3,(H,22,23)(H,15,16,21). The first-order chi connectivity index (χ1) is 12.4. The predicted molar refractivity (Wildman–Crippen MR) is 90.3 cm³/mol. The van der Waals surface area contributed by atoms with E-state index in [4.69, 9.17) is 5.11 Å². The van der Waals surface area contributed by atoms with Crippen LogP contribution in [0.15, 0.2) is 34.2 Å². The van der Waals surface area contributed by atoms with Crippen LogP contribution in [0.25, 0.3) is 5.78 Å². The molecule has 2 aromatic heterocycles. The van der Waals surface area contributed by atoms with Crippen molar-refractivity contribution in [2.24, 2.45) is 0 Å². The number of fused-ring (bicyclic) bond motifs is 1. The van der Waals surface area contributed by atoms with E-state index in [-0.39, 0.29) is 28.7 Å². The molecule has 0 radical (unpaired) electrons. The van der Waals surface area contributed by atoms with Crippen molar-refractivity contribution in [3.8, 4) is 0 Å². The minimum Gasteiger partial charge on any atom is -0.480 e. The average molecular weight is 376 g/mol. The van der Waals surface area contributed by atoms with Crippen molar-refractivity contribution in [2.75, 3.05) is 0 Å². The van der Waals surface area contributed by atoms with E-state index in [1.54, 1.807) is 6.07 Å². The summed E-state index contributed by atoms with van der Waals surface area (Å²) in [5.74, 6) is -0.974. The first-order valence-electron chi connectivity index (χ1n) is 7.33. The number of aliphatic carboxylic acids is 1. The van der Waals surface area contributed by atoms with Crippen molar-refractivity contribution in [1.29, 1.82) is 0 Å². The number of aromatic amines is 1. The van der Waals surface area contributed by atoms with Gasteiger partial charge in [0.25, 0.3) is 17.0 Å². The number of nitrogens with one attached hydrogen (secondary N) is 1. The first kappa shape index (κ1) is 17.5. The molecular formula is C14H12N6O5S. The summed E-state index contributed by atoms with van der Waals surface area (Å²) in [5.41, 5.74) is -0.315. The molecule has 3 rings (SSSR count). The molecule has 0 saturated carbocycles. The summed E-state index contributed by atoms with van der Waals surface area (Å²) >= 11 is 0.914. The van der Waals surface area contributed by atoms with Gasteiger partial charge in [-0.3, -0.25) is 24.7 Å². The highest BCUT2D eigenvalue weighted by Gasteiger charge is 2.20. The second kappa shape index (κ2) is 6.92. The number of hydrogen-bond acceptors (Lipinski definition) is 8. The maximum atomic E-state index is 12.2. The van der Waals surface area contributed by atoms with Gasteiger partial charge in [0.1, 0.15) is 10.9 Å². The maximum absolute atomic E-state index is 12.2. The molecule has 0 aliphatic rings. The number of thioether (sulfide) groups is 1. The van der Waals surface area contributed by atoms with E-state index >= 15 is 0 Å². The summed E-state index contributed by atoms with van der Waals surface area (Å²) in [5, 5.41) is 31.3. The Morgan fingerprint density at radius 3 is 2.85 bits per heavy atom. The van der Waals surface area contributed by atoms with Crippen LogP contribution in [0, 0.1) is 10.1 Å². The molecule has 26 heavy (non-hydrogen) atoms. The fourth-order valence-electron chi connectivity index (χ4n) is 2.19. The largest absolute Gasteiger partial charge is 0.480 e. The number of H-pyrrole nitrogens is 1. The van der Waals surface area contributed by atoms with Crippen LogP contribution in [0.2, 0.25) is 0 Å². The van der Waals surface area contributed by atoms with Crippen LogP contribution in [-0.4, -0.2) is 46.0 Å². The lowest BCUT2D eigenvalue weighted by molar-refractivity contribution is -0.385. The number of carbonyl (C=O) groups is 1. The van der Waals surface area contributed by atoms with Crippen molar-refractivity contribution in [1.82, 2.24) is 24.8 Å². The second-order valence-corrected chi connectivity index (χ2v) is 6.59. The van der Waals surface area contributed by atoms with E-state index in [0.29, 0.717) is 5.56 Å². The molecule has 1 atom stereocenters. The predicted octanol–water partition coefficient (Wildman–Crippen LogP) is 0.877. The van der Waals surface area contributed by atoms with E-state index in [1.807, 2.05) is 0 Å². The molecule has 3 aromatic rings. The molecule has 12 heteroatoms. The van der Waals surface area contributed by atoms with Crippen LogP contribution in [-0.2, 0) is 11.2 Å². The Kier molecular flexibility index (Phi) is 4.67. The summed E-state index contributed by atoms with van der Waals surface area (Å²) in [6.07, 6.45) is -0.0702. The molecule has 134 valence electrons. The molecule has 0 amide bonds. The highest BCUT2D eigenvalue weighted by molar-refractivity contribution is 8.00. The zero-order valence-electron chi connectivity index (χ0n) is 13.3. The van der Waals surface area contributed by atoms with Gasteiger partial charge in [0.15, 0.2) is 0 Å². The fourth-order valence-corrected chi connectivity index (χ4v) is 2.92. The van der Waals surface area contributed by atoms with Crippen molar-refractivity contribution in [3.63, 3.8) is 0 Å². The lowest BCUT2D eigenvalue weighted by Gasteiger charge is -2.05. The molecule has 0 saturated heterocycles. The zero-order valence-corrected chi connectivity index (χ0v) is 14.1. The van der Waals surface area contributed by atoms with Gasteiger partial charge < -0.3 is 5.11 Å². The smallest absolute Gasteiger partial charge is 0.316 e.